The molecule has 1 heterocycles. The third-order valence-electron chi connectivity index (χ3n) is 3.52. The Morgan fingerprint density at radius 1 is 1.00 bits per heavy atom. The van der Waals surface area contributed by atoms with Crippen molar-refractivity contribution in [2.75, 3.05) is 5.73 Å². The van der Waals surface area contributed by atoms with Crippen LogP contribution in [-0.4, -0.2) is 5.60 Å². The summed E-state index contributed by atoms with van der Waals surface area (Å²) in [6, 6.07) is 10.8. The predicted molar refractivity (Wildman–Crippen MR) is 79.1 cm³/mol. The molecule has 21 heavy (non-hydrogen) atoms. The van der Waals surface area contributed by atoms with Crippen LogP contribution in [0.4, 0.5) is 14.5 Å². The van der Waals surface area contributed by atoms with Gasteiger partial charge in [0, 0.05) is 22.9 Å². The van der Waals surface area contributed by atoms with Gasteiger partial charge in [0.2, 0.25) is 0 Å². The van der Waals surface area contributed by atoms with Gasteiger partial charge in [0.1, 0.15) is 11.6 Å². The van der Waals surface area contributed by atoms with Crippen molar-refractivity contribution in [2.24, 2.45) is 0 Å². The van der Waals surface area contributed by atoms with Crippen molar-refractivity contribution in [1.82, 2.24) is 0 Å². The van der Waals surface area contributed by atoms with E-state index in [-0.39, 0.29) is 11.6 Å². The largest absolute Gasteiger partial charge is 0.480 e. The Morgan fingerprint density at radius 3 is 2.33 bits per heavy atom. The van der Waals surface area contributed by atoms with Crippen LogP contribution in [0.25, 0.3) is 5.57 Å². The van der Waals surface area contributed by atoms with Crippen LogP contribution in [0, 0.1) is 5.82 Å². The molecule has 0 aliphatic carbocycles. The maximum Gasteiger partial charge on any atom is 0.155 e. The number of nitrogen functional groups attached to an aromatic ring is 1. The number of anilines is 1. The highest BCUT2D eigenvalue weighted by molar-refractivity contribution is 5.87. The SMILES string of the molecule is CC1(C)Oc2cc(N)ccc2C(c2ccc(F)cc2)=C1F. The molecule has 0 unspecified atom stereocenters. The predicted octanol–water partition coefficient (Wildman–Crippen LogP) is 4.31. The van der Waals surface area contributed by atoms with E-state index in [0.29, 0.717) is 28.1 Å². The summed E-state index contributed by atoms with van der Waals surface area (Å²) in [5, 5.41) is 0. The lowest BCUT2D eigenvalue weighted by molar-refractivity contribution is 0.117. The lowest BCUT2D eigenvalue weighted by Gasteiger charge is -2.33. The van der Waals surface area contributed by atoms with Crippen molar-refractivity contribution in [3.8, 4) is 5.75 Å². The molecule has 3 rings (SSSR count). The smallest absolute Gasteiger partial charge is 0.155 e. The number of ether oxygens (including phenoxy) is 1. The van der Waals surface area contributed by atoms with E-state index in [9.17, 15) is 8.78 Å². The van der Waals surface area contributed by atoms with Crippen molar-refractivity contribution < 1.29 is 13.5 Å². The van der Waals surface area contributed by atoms with Crippen molar-refractivity contribution in [3.05, 3.63) is 65.2 Å². The Morgan fingerprint density at radius 2 is 1.67 bits per heavy atom. The zero-order chi connectivity index (χ0) is 15.2. The molecule has 4 heteroatoms. The molecule has 108 valence electrons. The van der Waals surface area contributed by atoms with E-state index >= 15 is 0 Å². The van der Waals surface area contributed by atoms with Gasteiger partial charge in [-0.05, 0) is 43.7 Å². The van der Waals surface area contributed by atoms with E-state index in [2.05, 4.69) is 0 Å². The second-order valence-corrected chi connectivity index (χ2v) is 5.56. The Bertz CT molecular complexity index is 733. The van der Waals surface area contributed by atoms with Gasteiger partial charge in [-0.2, -0.15) is 0 Å². The first-order chi connectivity index (χ1) is 9.88. The fourth-order valence-corrected chi connectivity index (χ4v) is 2.47. The molecule has 1 aliphatic rings. The zero-order valence-electron chi connectivity index (χ0n) is 11.8. The lowest BCUT2D eigenvalue weighted by Crippen LogP contribution is -2.33. The molecule has 1 aliphatic heterocycles. The molecule has 2 nitrogen and oxygen atoms in total. The number of fused-ring (bicyclic) bond motifs is 1. The van der Waals surface area contributed by atoms with Crippen LogP contribution in [0.1, 0.15) is 25.0 Å². The molecule has 2 aromatic rings. The molecule has 0 radical (unpaired) electrons. The summed E-state index contributed by atoms with van der Waals surface area (Å²) in [6.45, 7) is 3.30. The average molecular weight is 287 g/mol. The van der Waals surface area contributed by atoms with Gasteiger partial charge in [0.25, 0.3) is 0 Å². The zero-order valence-corrected chi connectivity index (χ0v) is 11.8. The fraction of sp³-hybridized carbons (Fsp3) is 0.176. The third kappa shape index (κ3) is 2.27. The molecular formula is C17H15F2NO. The topological polar surface area (TPSA) is 35.2 Å². The monoisotopic (exact) mass is 287 g/mol. The van der Waals surface area contributed by atoms with Gasteiger partial charge in [-0.1, -0.05) is 12.1 Å². The van der Waals surface area contributed by atoms with Crippen LogP contribution in [0.5, 0.6) is 5.75 Å². The summed E-state index contributed by atoms with van der Waals surface area (Å²) in [5.74, 6) is -0.212. The summed E-state index contributed by atoms with van der Waals surface area (Å²) < 4.78 is 33.6. The highest BCUT2D eigenvalue weighted by Gasteiger charge is 2.36. The van der Waals surface area contributed by atoms with Crippen LogP contribution >= 0.6 is 0 Å². The highest BCUT2D eigenvalue weighted by Crippen LogP contribution is 2.44. The second-order valence-electron chi connectivity index (χ2n) is 5.56. The van der Waals surface area contributed by atoms with E-state index in [1.165, 1.54) is 12.1 Å². The first-order valence-corrected chi connectivity index (χ1v) is 6.63. The maximum atomic E-state index is 14.8. The molecule has 0 saturated heterocycles. The van der Waals surface area contributed by atoms with Crippen LogP contribution in [-0.2, 0) is 0 Å². The number of halogens is 2. The van der Waals surface area contributed by atoms with Gasteiger partial charge in [-0.15, -0.1) is 0 Å². The number of nitrogens with two attached hydrogens (primary N) is 1. The Hall–Kier alpha value is -2.36. The second kappa shape index (κ2) is 4.58. The van der Waals surface area contributed by atoms with Crippen LogP contribution in [0.3, 0.4) is 0 Å². The molecule has 0 fully saturated rings. The summed E-state index contributed by atoms with van der Waals surface area (Å²) >= 11 is 0. The molecule has 0 bridgehead atoms. The normalized spacial score (nSPS) is 16.4. The lowest BCUT2D eigenvalue weighted by atomic mass is 9.88. The highest BCUT2D eigenvalue weighted by atomic mass is 19.1. The van der Waals surface area contributed by atoms with Gasteiger partial charge < -0.3 is 10.5 Å². The van der Waals surface area contributed by atoms with E-state index in [1.807, 2.05) is 0 Å². The molecule has 0 amide bonds. The van der Waals surface area contributed by atoms with E-state index in [0.717, 1.165) is 0 Å². The van der Waals surface area contributed by atoms with Crippen LogP contribution < -0.4 is 10.5 Å². The van der Waals surface area contributed by atoms with E-state index < -0.39 is 5.60 Å². The van der Waals surface area contributed by atoms with E-state index in [4.69, 9.17) is 10.5 Å². The number of rotatable bonds is 1. The van der Waals surface area contributed by atoms with Gasteiger partial charge in [-0.25, -0.2) is 8.78 Å². The summed E-state index contributed by atoms with van der Waals surface area (Å²) in [4.78, 5) is 0. The average Bonchev–Trinajstić information content (AvgIpc) is 2.41. The summed E-state index contributed by atoms with van der Waals surface area (Å²) in [7, 11) is 0. The maximum absolute atomic E-state index is 14.8. The number of hydrogen-bond acceptors (Lipinski definition) is 2. The molecule has 0 aromatic heterocycles. The van der Waals surface area contributed by atoms with Crippen LogP contribution in [0.2, 0.25) is 0 Å². The third-order valence-corrected chi connectivity index (χ3v) is 3.52. The number of benzene rings is 2. The van der Waals surface area contributed by atoms with Gasteiger partial charge in [-0.3, -0.25) is 0 Å². The minimum absolute atomic E-state index is 0.358. The van der Waals surface area contributed by atoms with Crippen molar-refractivity contribution in [3.63, 3.8) is 0 Å². The summed E-state index contributed by atoms with van der Waals surface area (Å²) in [5.41, 5.74) is 6.87. The minimum atomic E-state index is -1.09. The number of hydrogen-bond donors (Lipinski definition) is 1. The first-order valence-electron chi connectivity index (χ1n) is 6.63. The Balaban J connectivity index is 2.26. The molecule has 0 spiro atoms. The standard InChI is InChI=1S/C17H15F2NO/c1-17(2)16(19)15(10-3-5-11(18)6-4-10)13-8-7-12(20)9-14(13)21-17/h3-9H,20H2,1-2H3. The quantitative estimate of drug-likeness (QED) is 0.793. The molecule has 2 aromatic carbocycles. The Kier molecular flexibility index (Phi) is 2.97. The van der Waals surface area contributed by atoms with Crippen LogP contribution in [0.15, 0.2) is 48.3 Å². The van der Waals surface area contributed by atoms with Gasteiger partial charge >= 0.3 is 0 Å². The first kappa shape index (κ1) is 13.6. The van der Waals surface area contributed by atoms with Crippen molar-refractivity contribution in [2.45, 2.75) is 19.4 Å². The van der Waals surface area contributed by atoms with Crippen molar-refractivity contribution in [1.29, 1.82) is 0 Å². The molecule has 0 atom stereocenters. The minimum Gasteiger partial charge on any atom is -0.480 e. The molecule has 0 saturated carbocycles. The fourth-order valence-electron chi connectivity index (χ4n) is 2.47. The van der Waals surface area contributed by atoms with Crippen molar-refractivity contribution >= 4 is 11.3 Å². The van der Waals surface area contributed by atoms with Gasteiger partial charge in [0.05, 0.1) is 0 Å². The van der Waals surface area contributed by atoms with Gasteiger partial charge in [0.15, 0.2) is 11.4 Å². The molecular weight excluding hydrogens is 272 g/mol. The molecule has 2 N–H and O–H groups in total. The Labute approximate surface area is 121 Å². The summed E-state index contributed by atoms with van der Waals surface area (Å²) in [6.07, 6.45) is 0. The van der Waals surface area contributed by atoms with E-state index in [1.54, 1.807) is 44.2 Å².